The van der Waals surface area contributed by atoms with E-state index in [1.54, 1.807) is 0 Å². The fourth-order valence-corrected chi connectivity index (χ4v) is 3.94. The zero-order valence-corrected chi connectivity index (χ0v) is 15.3. The Bertz CT molecular complexity index is 643. The SMILES string of the molecule is C/C=C/[C@H]1CC[C@H](CCc2ccc(-c3ccc(Cl)cc3)cc2)CC1. The first-order valence-corrected chi connectivity index (χ1v) is 9.60. The molecule has 1 heteroatoms. The smallest absolute Gasteiger partial charge is 0.0406 e. The summed E-state index contributed by atoms with van der Waals surface area (Å²) in [5.74, 6) is 1.76. The van der Waals surface area contributed by atoms with Gasteiger partial charge in [-0.1, -0.05) is 60.2 Å². The van der Waals surface area contributed by atoms with Crippen molar-refractivity contribution in [1.29, 1.82) is 0 Å². The van der Waals surface area contributed by atoms with Crippen molar-refractivity contribution in [2.45, 2.75) is 45.4 Å². The van der Waals surface area contributed by atoms with E-state index in [1.165, 1.54) is 55.2 Å². The summed E-state index contributed by atoms with van der Waals surface area (Å²) in [5.41, 5.74) is 3.96. The third-order valence-electron chi connectivity index (χ3n) is 5.33. The molecule has 0 atom stereocenters. The summed E-state index contributed by atoms with van der Waals surface area (Å²) in [6, 6.07) is 17.1. The van der Waals surface area contributed by atoms with E-state index in [0.29, 0.717) is 0 Å². The van der Waals surface area contributed by atoms with Crippen LogP contribution in [0, 0.1) is 11.8 Å². The van der Waals surface area contributed by atoms with E-state index in [0.717, 1.165) is 16.9 Å². The zero-order chi connectivity index (χ0) is 16.8. The molecule has 0 aliphatic heterocycles. The van der Waals surface area contributed by atoms with E-state index in [2.05, 4.69) is 55.5 Å². The van der Waals surface area contributed by atoms with Crippen molar-refractivity contribution in [3.8, 4) is 11.1 Å². The van der Waals surface area contributed by atoms with Crippen molar-refractivity contribution in [3.05, 3.63) is 71.3 Å². The van der Waals surface area contributed by atoms with Crippen molar-refractivity contribution >= 4 is 11.6 Å². The molecule has 1 aliphatic carbocycles. The van der Waals surface area contributed by atoms with Gasteiger partial charge in [0, 0.05) is 5.02 Å². The van der Waals surface area contributed by atoms with Crippen LogP contribution in [-0.4, -0.2) is 0 Å². The van der Waals surface area contributed by atoms with Crippen molar-refractivity contribution in [1.82, 2.24) is 0 Å². The minimum absolute atomic E-state index is 0.791. The maximum atomic E-state index is 5.96. The molecule has 1 aliphatic rings. The zero-order valence-electron chi connectivity index (χ0n) is 14.5. The summed E-state index contributed by atoms with van der Waals surface area (Å²) < 4.78 is 0. The number of hydrogen-bond acceptors (Lipinski definition) is 0. The lowest BCUT2D eigenvalue weighted by molar-refractivity contribution is 0.296. The summed E-state index contributed by atoms with van der Waals surface area (Å²) in [6.45, 7) is 2.14. The molecule has 0 spiro atoms. The molecule has 0 heterocycles. The number of allylic oxidation sites excluding steroid dienone is 2. The molecule has 0 bridgehead atoms. The number of halogens is 1. The highest BCUT2D eigenvalue weighted by molar-refractivity contribution is 6.30. The Labute approximate surface area is 151 Å². The highest BCUT2D eigenvalue weighted by Crippen LogP contribution is 2.32. The predicted molar refractivity (Wildman–Crippen MR) is 105 cm³/mol. The first-order valence-electron chi connectivity index (χ1n) is 9.22. The second-order valence-electron chi connectivity index (χ2n) is 7.05. The molecule has 0 unspecified atom stereocenters. The topological polar surface area (TPSA) is 0 Å². The number of aryl methyl sites for hydroxylation is 1. The Morgan fingerprint density at radius 1 is 0.875 bits per heavy atom. The molecule has 2 aromatic rings. The van der Waals surface area contributed by atoms with Crippen LogP contribution in [-0.2, 0) is 6.42 Å². The van der Waals surface area contributed by atoms with Gasteiger partial charge in [-0.15, -0.1) is 0 Å². The standard InChI is InChI=1S/C23H27Cl/c1-2-3-18-4-6-19(7-5-18)8-9-20-10-12-21(13-11-20)22-14-16-23(24)17-15-22/h2-3,10-19H,4-9H2,1H3/b3-2+/t18-,19-. The number of benzene rings is 2. The Balaban J connectivity index is 1.51. The highest BCUT2D eigenvalue weighted by Gasteiger charge is 2.18. The van der Waals surface area contributed by atoms with Gasteiger partial charge in [-0.05, 0) is 86.1 Å². The van der Waals surface area contributed by atoms with E-state index in [-0.39, 0.29) is 0 Å². The highest BCUT2D eigenvalue weighted by atomic mass is 35.5. The summed E-state index contributed by atoms with van der Waals surface area (Å²) in [4.78, 5) is 0. The number of hydrogen-bond donors (Lipinski definition) is 0. The second kappa shape index (κ2) is 8.53. The molecule has 2 aromatic carbocycles. The monoisotopic (exact) mass is 338 g/mol. The minimum atomic E-state index is 0.791. The molecule has 0 nitrogen and oxygen atoms in total. The summed E-state index contributed by atoms with van der Waals surface area (Å²) >= 11 is 5.96. The lowest BCUT2D eigenvalue weighted by Gasteiger charge is -2.26. The molecule has 0 amide bonds. The van der Waals surface area contributed by atoms with Gasteiger partial charge in [-0.25, -0.2) is 0 Å². The third-order valence-corrected chi connectivity index (χ3v) is 5.58. The first-order chi connectivity index (χ1) is 11.7. The molecule has 24 heavy (non-hydrogen) atoms. The molecule has 0 N–H and O–H groups in total. The van der Waals surface area contributed by atoms with Crippen LogP contribution < -0.4 is 0 Å². The van der Waals surface area contributed by atoms with Gasteiger partial charge in [0.05, 0.1) is 0 Å². The van der Waals surface area contributed by atoms with Crippen molar-refractivity contribution in [2.24, 2.45) is 11.8 Å². The third kappa shape index (κ3) is 4.74. The Morgan fingerprint density at radius 3 is 2.04 bits per heavy atom. The maximum absolute atomic E-state index is 5.96. The van der Waals surface area contributed by atoms with E-state index < -0.39 is 0 Å². The van der Waals surface area contributed by atoms with Crippen molar-refractivity contribution in [3.63, 3.8) is 0 Å². The van der Waals surface area contributed by atoms with Gasteiger partial charge in [0.25, 0.3) is 0 Å². The minimum Gasteiger partial charge on any atom is -0.0914 e. The van der Waals surface area contributed by atoms with Crippen LogP contribution in [0.2, 0.25) is 5.02 Å². The Morgan fingerprint density at radius 2 is 1.46 bits per heavy atom. The molecule has 3 rings (SSSR count). The van der Waals surface area contributed by atoms with E-state index in [4.69, 9.17) is 11.6 Å². The molecular formula is C23H27Cl. The Hall–Kier alpha value is -1.53. The van der Waals surface area contributed by atoms with Crippen LogP contribution in [0.4, 0.5) is 0 Å². The van der Waals surface area contributed by atoms with Crippen LogP contribution in [0.5, 0.6) is 0 Å². The number of rotatable bonds is 5. The molecule has 0 aromatic heterocycles. The lowest BCUT2D eigenvalue weighted by Crippen LogP contribution is -2.13. The first kappa shape index (κ1) is 17.3. The van der Waals surface area contributed by atoms with Gasteiger partial charge >= 0.3 is 0 Å². The van der Waals surface area contributed by atoms with Gasteiger partial charge in [-0.3, -0.25) is 0 Å². The van der Waals surface area contributed by atoms with Crippen LogP contribution in [0.25, 0.3) is 11.1 Å². The van der Waals surface area contributed by atoms with Crippen LogP contribution in [0.3, 0.4) is 0 Å². The van der Waals surface area contributed by atoms with Crippen molar-refractivity contribution in [2.75, 3.05) is 0 Å². The summed E-state index contributed by atoms with van der Waals surface area (Å²) in [7, 11) is 0. The van der Waals surface area contributed by atoms with Crippen LogP contribution in [0.1, 0.15) is 44.6 Å². The van der Waals surface area contributed by atoms with Gasteiger partial charge in [0.1, 0.15) is 0 Å². The lowest BCUT2D eigenvalue weighted by atomic mass is 9.79. The average molecular weight is 339 g/mol. The molecule has 0 radical (unpaired) electrons. The quantitative estimate of drug-likeness (QED) is 0.501. The molecular weight excluding hydrogens is 312 g/mol. The molecule has 1 saturated carbocycles. The average Bonchev–Trinajstić information content (AvgIpc) is 2.63. The second-order valence-corrected chi connectivity index (χ2v) is 7.49. The van der Waals surface area contributed by atoms with Crippen molar-refractivity contribution < 1.29 is 0 Å². The summed E-state index contributed by atoms with van der Waals surface area (Å²) in [5, 5.41) is 0.791. The predicted octanol–water partition coefficient (Wildman–Crippen LogP) is 7.32. The maximum Gasteiger partial charge on any atom is 0.0406 e. The fourth-order valence-electron chi connectivity index (χ4n) is 3.82. The van der Waals surface area contributed by atoms with Gasteiger partial charge in [0.2, 0.25) is 0 Å². The van der Waals surface area contributed by atoms with Gasteiger partial charge < -0.3 is 0 Å². The molecule has 126 valence electrons. The Kier molecular flexibility index (Phi) is 6.15. The van der Waals surface area contributed by atoms with E-state index >= 15 is 0 Å². The van der Waals surface area contributed by atoms with E-state index in [1.807, 2.05) is 12.1 Å². The van der Waals surface area contributed by atoms with Gasteiger partial charge in [-0.2, -0.15) is 0 Å². The molecule has 1 fully saturated rings. The normalized spacial score (nSPS) is 21.2. The van der Waals surface area contributed by atoms with Gasteiger partial charge in [0.15, 0.2) is 0 Å². The summed E-state index contributed by atoms with van der Waals surface area (Å²) in [6.07, 6.45) is 12.7. The van der Waals surface area contributed by atoms with Crippen LogP contribution >= 0.6 is 11.6 Å². The fraction of sp³-hybridized carbons (Fsp3) is 0.391. The van der Waals surface area contributed by atoms with E-state index in [9.17, 15) is 0 Å². The van der Waals surface area contributed by atoms with Crippen LogP contribution in [0.15, 0.2) is 60.7 Å². The molecule has 0 saturated heterocycles. The largest absolute Gasteiger partial charge is 0.0914 e.